The van der Waals surface area contributed by atoms with E-state index in [-0.39, 0.29) is 66.6 Å². The average Bonchev–Trinajstić information content (AvgIpc) is 3.40. The van der Waals surface area contributed by atoms with Crippen molar-refractivity contribution in [2.24, 2.45) is 11.8 Å². The van der Waals surface area contributed by atoms with E-state index in [1.54, 1.807) is 0 Å². The molecule has 0 aromatic rings. The molecule has 0 radical (unpaired) electrons. The van der Waals surface area contributed by atoms with E-state index < -0.39 is 18.5 Å². The number of hydrogen-bond donors (Lipinski definition) is 5. The van der Waals surface area contributed by atoms with Gasteiger partial charge in [-0.1, -0.05) is 20.4 Å². The molecule has 0 aromatic heterocycles. The second-order valence-electron chi connectivity index (χ2n) is 12.8. The Hall–Kier alpha value is -2.45. The van der Waals surface area contributed by atoms with Crippen LogP contribution in [0.25, 0.3) is 0 Å². The summed E-state index contributed by atoms with van der Waals surface area (Å²) in [6, 6.07) is -0.442. The number of piperidine rings is 2. The highest BCUT2D eigenvalue weighted by Gasteiger charge is 2.57. The lowest BCUT2D eigenvalue weighted by molar-refractivity contribution is -0.138. The minimum atomic E-state index is -1.19. The summed E-state index contributed by atoms with van der Waals surface area (Å²) in [4.78, 5) is 32.8. The van der Waals surface area contributed by atoms with Crippen molar-refractivity contribution in [3.63, 3.8) is 0 Å². The number of hydrogen-bond acceptors (Lipinski definition) is 9. The number of carbonyl (C=O) groups excluding carboxylic acids is 2. The van der Waals surface area contributed by atoms with Crippen LogP contribution in [0, 0.1) is 11.8 Å². The van der Waals surface area contributed by atoms with Crippen molar-refractivity contribution in [3.05, 3.63) is 24.6 Å². The molecule has 2 bridgehead atoms. The number of alkyl halides is 1. The molecule has 5 saturated heterocycles. The molecule has 0 aromatic carbocycles. The first kappa shape index (κ1) is 28.7. The van der Waals surface area contributed by atoms with Gasteiger partial charge in [0.05, 0.1) is 36.8 Å². The molecule has 6 rings (SSSR count). The molecule has 5 N–H and O–H groups in total. The van der Waals surface area contributed by atoms with E-state index in [0.29, 0.717) is 26.1 Å². The second-order valence-corrected chi connectivity index (χ2v) is 12.8. The Bertz CT molecular complexity index is 1060. The number of urea groups is 1. The normalized spacial score (nSPS) is 41.5. The van der Waals surface area contributed by atoms with Crippen molar-refractivity contribution in [1.29, 1.82) is 0 Å². The van der Waals surface area contributed by atoms with Gasteiger partial charge in [-0.2, -0.15) is 0 Å². The largest absolute Gasteiger partial charge is 0.376 e. The van der Waals surface area contributed by atoms with Crippen molar-refractivity contribution < 1.29 is 18.7 Å². The fourth-order valence-corrected chi connectivity index (χ4v) is 7.96. The molecular formula is C28H46FN9O3. The summed E-state index contributed by atoms with van der Waals surface area (Å²) in [6.45, 7) is 14.5. The number of fused-ring (bicyclic) bond motifs is 5. The summed E-state index contributed by atoms with van der Waals surface area (Å²) in [6.07, 6.45) is 2.12. The van der Waals surface area contributed by atoms with Crippen LogP contribution in [0.2, 0.25) is 0 Å². The lowest BCUT2D eigenvalue weighted by Gasteiger charge is -2.59. The van der Waals surface area contributed by atoms with E-state index in [9.17, 15) is 9.59 Å². The second kappa shape index (κ2) is 11.3. The molecule has 41 heavy (non-hydrogen) atoms. The van der Waals surface area contributed by atoms with E-state index in [0.717, 1.165) is 18.7 Å². The first-order valence-corrected chi connectivity index (χ1v) is 15.2. The molecule has 0 saturated carbocycles. The Morgan fingerprint density at radius 3 is 2.76 bits per heavy atom. The molecule has 6 heterocycles. The number of amides is 3. The maximum atomic E-state index is 16.2. The molecule has 6 aliphatic heterocycles. The fourth-order valence-electron chi connectivity index (χ4n) is 7.96. The highest BCUT2D eigenvalue weighted by Crippen LogP contribution is 2.39. The zero-order valence-electron chi connectivity index (χ0n) is 24.6. The van der Waals surface area contributed by atoms with Gasteiger partial charge in [0.15, 0.2) is 0 Å². The zero-order valence-corrected chi connectivity index (χ0v) is 24.6. The number of nitrogens with zero attached hydrogens (tertiary/aromatic N) is 4. The Morgan fingerprint density at radius 2 is 2.00 bits per heavy atom. The van der Waals surface area contributed by atoms with Gasteiger partial charge in [-0.25, -0.2) is 9.18 Å². The van der Waals surface area contributed by atoms with Crippen LogP contribution in [0.3, 0.4) is 0 Å². The van der Waals surface area contributed by atoms with E-state index in [1.807, 2.05) is 27.9 Å². The molecule has 10 atom stereocenters. The number of hydrazine groups is 2. The molecule has 228 valence electrons. The summed E-state index contributed by atoms with van der Waals surface area (Å²) in [5, 5.41) is 12.4. The van der Waals surface area contributed by atoms with Gasteiger partial charge < -0.3 is 30.6 Å². The first-order valence-electron chi connectivity index (χ1n) is 15.2. The van der Waals surface area contributed by atoms with Crippen molar-refractivity contribution in [2.45, 2.75) is 102 Å². The highest BCUT2D eigenvalue weighted by atomic mass is 19.1. The van der Waals surface area contributed by atoms with E-state index in [2.05, 4.69) is 59.2 Å². The highest BCUT2D eigenvalue weighted by molar-refractivity contribution is 5.87. The zero-order chi connectivity index (χ0) is 29.0. The topological polar surface area (TPSA) is 116 Å². The summed E-state index contributed by atoms with van der Waals surface area (Å²) in [5.41, 5.74) is 7.05. The molecule has 13 heteroatoms. The van der Waals surface area contributed by atoms with Gasteiger partial charge in [-0.3, -0.25) is 20.0 Å². The molecule has 3 amide bonds. The van der Waals surface area contributed by atoms with Crippen molar-refractivity contribution in [1.82, 2.24) is 46.6 Å². The maximum absolute atomic E-state index is 16.2. The quantitative estimate of drug-likeness (QED) is 0.305. The molecule has 0 spiro atoms. The van der Waals surface area contributed by atoms with Gasteiger partial charge in [-0.05, 0) is 45.2 Å². The van der Waals surface area contributed by atoms with E-state index >= 15 is 4.39 Å². The molecule has 0 aliphatic carbocycles. The number of rotatable bonds is 3. The summed E-state index contributed by atoms with van der Waals surface area (Å²) >= 11 is 0. The van der Waals surface area contributed by atoms with Crippen LogP contribution in [0.15, 0.2) is 24.6 Å². The molecular weight excluding hydrogens is 529 g/mol. The van der Waals surface area contributed by atoms with Gasteiger partial charge >= 0.3 is 6.03 Å². The van der Waals surface area contributed by atoms with Crippen molar-refractivity contribution >= 4 is 11.9 Å². The van der Waals surface area contributed by atoms with E-state index in [1.165, 1.54) is 6.08 Å². The third-order valence-corrected chi connectivity index (χ3v) is 9.95. The van der Waals surface area contributed by atoms with Gasteiger partial charge in [0.1, 0.15) is 12.3 Å². The average molecular weight is 576 g/mol. The monoisotopic (exact) mass is 575 g/mol. The Balaban J connectivity index is 1.37. The van der Waals surface area contributed by atoms with E-state index in [4.69, 9.17) is 4.74 Å². The van der Waals surface area contributed by atoms with Crippen LogP contribution >= 0.6 is 0 Å². The first-order chi connectivity index (χ1) is 19.7. The third kappa shape index (κ3) is 4.99. The Labute approximate surface area is 242 Å². The van der Waals surface area contributed by atoms with Crippen LogP contribution < -0.4 is 26.9 Å². The molecule has 6 aliphatic rings. The van der Waals surface area contributed by atoms with Crippen LogP contribution in [0.4, 0.5) is 9.18 Å². The van der Waals surface area contributed by atoms with Crippen LogP contribution in [-0.4, -0.2) is 113 Å². The summed E-state index contributed by atoms with van der Waals surface area (Å²) in [5.74, 6) is -0.0559. The SMILES string of the molecule is C=CC(=O)N1C[C@H](C)N(C2NC(=O)N3C4NC(C(F)CC42)N2NNC=C2CCOC2CCNC(C(C)C)C23)C[C@H]1C. The van der Waals surface area contributed by atoms with Crippen LogP contribution in [0.5, 0.6) is 0 Å². The minimum Gasteiger partial charge on any atom is -0.376 e. The van der Waals surface area contributed by atoms with Gasteiger partial charge in [-0.15, -0.1) is 5.53 Å². The molecule has 5 fully saturated rings. The number of carbonyl (C=O) groups is 2. The van der Waals surface area contributed by atoms with Gasteiger partial charge in [0.25, 0.3) is 0 Å². The summed E-state index contributed by atoms with van der Waals surface area (Å²) < 4.78 is 22.8. The lowest BCUT2D eigenvalue weighted by Crippen LogP contribution is -2.81. The number of halogens is 1. The van der Waals surface area contributed by atoms with Gasteiger partial charge in [0, 0.05) is 49.8 Å². The van der Waals surface area contributed by atoms with Crippen molar-refractivity contribution in [3.8, 4) is 0 Å². The fraction of sp³-hybridized carbons (Fsp3) is 0.786. The number of ether oxygens (including phenoxy) is 1. The van der Waals surface area contributed by atoms with Crippen molar-refractivity contribution in [2.75, 3.05) is 26.2 Å². The Morgan fingerprint density at radius 1 is 1.20 bits per heavy atom. The molecule has 8 unspecified atom stereocenters. The Kier molecular flexibility index (Phi) is 7.92. The lowest BCUT2D eigenvalue weighted by atomic mass is 9.81. The smallest absolute Gasteiger partial charge is 0.320 e. The third-order valence-electron chi connectivity index (χ3n) is 9.95. The molecule has 12 nitrogen and oxygen atoms in total. The predicted molar refractivity (Wildman–Crippen MR) is 151 cm³/mol. The number of piperazine rings is 1. The minimum absolute atomic E-state index is 0.0275. The standard InChI is InChI=1S/C28H46FN9O3/c1-6-22(39)35-13-17(5)36(14-16(35)4)25-19-11-20(29)27-32-26(19)37(28(40)33-25)24-21(7-9-30-23(24)15(2)3)41-10-8-18-12-31-34-38(18)27/h6,12,15-17,19-21,23-27,30-32,34H,1,7-11,13-14H2,2-5H3,(H,33,40)/t16-,17+,19?,20?,21?,23?,24?,25?,26?,27?/m1/s1. The van der Waals surface area contributed by atoms with Gasteiger partial charge in [0.2, 0.25) is 5.91 Å². The number of nitrogens with one attached hydrogen (secondary N) is 5. The summed E-state index contributed by atoms with van der Waals surface area (Å²) in [7, 11) is 0. The van der Waals surface area contributed by atoms with Crippen LogP contribution in [0.1, 0.15) is 47.0 Å². The maximum Gasteiger partial charge on any atom is 0.320 e. The van der Waals surface area contributed by atoms with Crippen LogP contribution in [-0.2, 0) is 9.53 Å². The predicted octanol–water partition coefficient (Wildman–Crippen LogP) is 0.386.